The number of ether oxygens (including phenoxy) is 1. The zero-order valence-electron chi connectivity index (χ0n) is 16.8. The number of nitrogens with zero attached hydrogens (tertiary/aromatic N) is 1. The van der Waals surface area contributed by atoms with Crippen LogP contribution in [0.1, 0.15) is 25.7 Å². The minimum Gasteiger partial charge on any atom is -0.497 e. The number of amides is 3. The highest BCUT2D eigenvalue weighted by Gasteiger charge is 2.48. The second-order valence-corrected chi connectivity index (χ2v) is 8.76. The molecule has 2 aromatic rings. The van der Waals surface area contributed by atoms with Crippen molar-refractivity contribution in [2.24, 2.45) is 11.8 Å². The molecule has 30 heavy (non-hydrogen) atoms. The standard InChI is InChI=1S/C23H24N2O4S/c1-29-16-8-12-18(13-9-16)30-17-10-6-15(7-11-17)24-21(26)14-25-22(27)19-4-2-3-5-20(19)23(25)28/h6-13,19-20H,2-5,14H2,1H3,(H,24,26). The van der Waals surface area contributed by atoms with Crippen molar-refractivity contribution in [3.05, 3.63) is 48.5 Å². The quantitative estimate of drug-likeness (QED) is 0.711. The normalized spacial score (nSPS) is 20.8. The lowest BCUT2D eigenvalue weighted by molar-refractivity contribution is -0.142. The minimum absolute atomic E-state index is 0.189. The molecule has 0 bridgehead atoms. The van der Waals surface area contributed by atoms with Crippen molar-refractivity contribution in [2.45, 2.75) is 35.5 Å². The van der Waals surface area contributed by atoms with Crippen LogP contribution in [0, 0.1) is 11.8 Å². The van der Waals surface area contributed by atoms with E-state index in [1.54, 1.807) is 18.9 Å². The highest BCUT2D eigenvalue weighted by atomic mass is 32.2. The topological polar surface area (TPSA) is 75.7 Å². The molecule has 1 aliphatic carbocycles. The summed E-state index contributed by atoms with van der Waals surface area (Å²) in [4.78, 5) is 40.7. The van der Waals surface area contributed by atoms with Gasteiger partial charge in [0.15, 0.2) is 0 Å². The maximum atomic E-state index is 12.5. The number of imide groups is 1. The van der Waals surface area contributed by atoms with Crippen LogP contribution < -0.4 is 10.1 Å². The molecular formula is C23H24N2O4S. The van der Waals surface area contributed by atoms with E-state index < -0.39 is 0 Å². The molecule has 1 aliphatic heterocycles. The van der Waals surface area contributed by atoms with Crippen LogP contribution in [0.25, 0.3) is 0 Å². The molecule has 0 spiro atoms. The number of methoxy groups -OCH3 is 1. The SMILES string of the molecule is COc1ccc(Sc2ccc(NC(=O)CN3C(=O)C4CCCCC4C3=O)cc2)cc1. The smallest absolute Gasteiger partial charge is 0.244 e. The van der Waals surface area contributed by atoms with Crippen molar-refractivity contribution in [3.63, 3.8) is 0 Å². The number of likely N-dealkylation sites (tertiary alicyclic amines) is 1. The molecule has 1 heterocycles. The van der Waals surface area contributed by atoms with Crippen LogP contribution in [-0.2, 0) is 14.4 Å². The van der Waals surface area contributed by atoms with E-state index >= 15 is 0 Å². The lowest BCUT2D eigenvalue weighted by Crippen LogP contribution is -2.38. The summed E-state index contributed by atoms with van der Waals surface area (Å²) in [5, 5.41) is 2.79. The van der Waals surface area contributed by atoms with Gasteiger partial charge >= 0.3 is 0 Å². The van der Waals surface area contributed by atoms with Crippen LogP contribution in [0.15, 0.2) is 58.3 Å². The average Bonchev–Trinajstić information content (AvgIpc) is 3.01. The third kappa shape index (κ3) is 4.36. The Balaban J connectivity index is 1.33. The molecule has 2 aromatic carbocycles. The van der Waals surface area contributed by atoms with Crippen LogP contribution in [0.5, 0.6) is 5.75 Å². The van der Waals surface area contributed by atoms with Crippen molar-refractivity contribution < 1.29 is 19.1 Å². The lowest BCUT2D eigenvalue weighted by atomic mass is 9.81. The third-order valence-electron chi connectivity index (χ3n) is 5.67. The van der Waals surface area contributed by atoms with Gasteiger partial charge in [-0.1, -0.05) is 24.6 Å². The Morgan fingerprint density at radius 1 is 0.967 bits per heavy atom. The predicted molar refractivity (Wildman–Crippen MR) is 114 cm³/mol. The number of fused-ring (bicyclic) bond motifs is 1. The van der Waals surface area contributed by atoms with Crippen LogP contribution in [0.3, 0.4) is 0 Å². The Morgan fingerprint density at radius 2 is 1.50 bits per heavy atom. The van der Waals surface area contributed by atoms with E-state index in [1.165, 1.54) is 0 Å². The van der Waals surface area contributed by atoms with Gasteiger partial charge in [-0.2, -0.15) is 0 Å². The Labute approximate surface area is 180 Å². The third-order valence-corrected chi connectivity index (χ3v) is 6.68. The number of hydrogen-bond donors (Lipinski definition) is 1. The first-order valence-corrected chi connectivity index (χ1v) is 10.9. The molecule has 4 rings (SSSR count). The maximum Gasteiger partial charge on any atom is 0.244 e. The summed E-state index contributed by atoms with van der Waals surface area (Å²) in [7, 11) is 1.64. The molecule has 3 amide bonds. The number of hydrogen-bond acceptors (Lipinski definition) is 5. The highest BCUT2D eigenvalue weighted by molar-refractivity contribution is 7.99. The van der Waals surface area contributed by atoms with Crippen molar-refractivity contribution in [2.75, 3.05) is 19.0 Å². The van der Waals surface area contributed by atoms with Gasteiger partial charge in [-0.15, -0.1) is 0 Å². The fourth-order valence-electron chi connectivity index (χ4n) is 4.12. The maximum absolute atomic E-state index is 12.5. The minimum atomic E-state index is -0.356. The zero-order chi connectivity index (χ0) is 21.1. The van der Waals surface area contributed by atoms with Gasteiger partial charge in [0, 0.05) is 15.5 Å². The lowest BCUT2D eigenvalue weighted by Gasteiger charge is -2.19. The van der Waals surface area contributed by atoms with Gasteiger partial charge in [-0.25, -0.2) is 0 Å². The van der Waals surface area contributed by atoms with Crippen molar-refractivity contribution >= 4 is 35.2 Å². The van der Waals surface area contributed by atoms with Gasteiger partial charge in [0.1, 0.15) is 12.3 Å². The zero-order valence-corrected chi connectivity index (χ0v) is 17.6. The molecule has 2 aliphatic rings. The molecule has 2 atom stereocenters. The second-order valence-electron chi connectivity index (χ2n) is 7.61. The first-order valence-electron chi connectivity index (χ1n) is 10.1. The average molecular weight is 425 g/mol. The van der Waals surface area contributed by atoms with Gasteiger partial charge in [0.05, 0.1) is 18.9 Å². The largest absolute Gasteiger partial charge is 0.497 e. The predicted octanol–water partition coefficient (Wildman–Crippen LogP) is 3.96. The van der Waals surface area contributed by atoms with E-state index in [2.05, 4.69) is 5.32 Å². The van der Waals surface area contributed by atoms with E-state index in [0.717, 1.165) is 46.1 Å². The summed E-state index contributed by atoms with van der Waals surface area (Å²) in [6, 6.07) is 15.3. The van der Waals surface area contributed by atoms with Gasteiger partial charge < -0.3 is 10.1 Å². The number of carbonyl (C=O) groups excluding carboxylic acids is 3. The van der Waals surface area contributed by atoms with Crippen LogP contribution in [0.2, 0.25) is 0 Å². The van der Waals surface area contributed by atoms with Gasteiger partial charge in [0.2, 0.25) is 17.7 Å². The fraction of sp³-hybridized carbons (Fsp3) is 0.348. The van der Waals surface area contributed by atoms with Gasteiger partial charge in [-0.05, 0) is 61.4 Å². The molecular weight excluding hydrogens is 400 g/mol. The van der Waals surface area contributed by atoms with Crippen LogP contribution >= 0.6 is 11.8 Å². The highest BCUT2D eigenvalue weighted by Crippen LogP contribution is 2.38. The number of benzene rings is 2. The van der Waals surface area contributed by atoms with Crippen LogP contribution in [-0.4, -0.2) is 36.3 Å². The number of nitrogens with one attached hydrogen (secondary N) is 1. The molecule has 2 fully saturated rings. The molecule has 1 saturated carbocycles. The summed E-state index contributed by atoms with van der Waals surface area (Å²) in [5.74, 6) is -0.378. The summed E-state index contributed by atoms with van der Waals surface area (Å²) in [6.45, 7) is -0.215. The van der Waals surface area contributed by atoms with E-state index in [4.69, 9.17) is 4.74 Å². The van der Waals surface area contributed by atoms with E-state index in [-0.39, 0.29) is 36.1 Å². The number of rotatable bonds is 6. The summed E-state index contributed by atoms with van der Waals surface area (Å²) < 4.78 is 5.17. The molecule has 0 radical (unpaired) electrons. The Kier molecular flexibility index (Phi) is 6.08. The summed E-state index contributed by atoms with van der Waals surface area (Å²) in [5.41, 5.74) is 0.635. The molecule has 1 N–H and O–H groups in total. The molecule has 7 heteroatoms. The second kappa shape index (κ2) is 8.92. The fourth-order valence-corrected chi connectivity index (χ4v) is 4.93. The Bertz CT molecular complexity index is 919. The first kappa shape index (κ1) is 20.5. The molecule has 1 saturated heterocycles. The molecule has 6 nitrogen and oxygen atoms in total. The molecule has 156 valence electrons. The van der Waals surface area contributed by atoms with Crippen molar-refractivity contribution in [1.29, 1.82) is 0 Å². The summed E-state index contributed by atoms with van der Waals surface area (Å²) in [6.07, 6.45) is 3.45. The Hall–Kier alpha value is -2.80. The van der Waals surface area contributed by atoms with E-state index in [9.17, 15) is 14.4 Å². The molecule has 0 aromatic heterocycles. The van der Waals surface area contributed by atoms with Gasteiger partial charge in [-0.3, -0.25) is 19.3 Å². The van der Waals surface area contributed by atoms with E-state index in [0.29, 0.717) is 5.69 Å². The number of carbonyl (C=O) groups is 3. The van der Waals surface area contributed by atoms with Crippen molar-refractivity contribution in [3.8, 4) is 5.75 Å². The Morgan fingerprint density at radius 3 is 2.03 bits per heavy atom. The van der Waals surface area contributed by atoms with Crippen LogP contribution in [0.4, 0.5) is 5.69 Å². The monoisotopic (exact) mass is 424 g/mol. The van der Waals surface area contributed by atoms with Crippen molar-refractivity contribution in [1.82, 2.24) is 4.90 Å². The first-order chi connectivity index (χ1) is 14.5. The van der Waals surface area contributed by atoms with Gasteiger partial charge in [0.25, 0.3) is 0 Å². The van der Waals surface area contributed by atoms with E-state index in [1.807, 2.05) is 48.5 Å². The summed E-state index contributed by atoms with van der Waals surface area (Å²) >= 11 is 1.61. The molecule has 2 unspecified atom stereocenters. The number of anilines is 1.